The first-order chi connectivity index (χ1) is 17.8. The number of alkyl halides is 2. The van der Waals surface area contributed by atoms with Crippen molar-refractivity contribution in [3.8, 4) is 0 Å². The minimum absolute atomic E-state index is 0.107. The van der Waals surface area contributed by atoms with Gasteiger partial charge in [-0.1, -0.05) is 11.2 Å². The van der Waals surface area contributed by atoms with Gasteiger partial charge in [0, 0.05) is 37.0 Å². The summed E-state index contributed by atoms with van der Waals surface area (Å²) in [6.45, 7) is 0.593. The van der Waals surface area contributed by atoms with E-state index in [2.05, 4.69) is 10.1 Å². The average molecular weight is 535 g/mol. The van der Waals surface area contributed by atoms with Gasteiger partial charge in [-0.3, -0.25) is 9.59 Å². The van der Waals surface area contributed by atoms with Crippen LogP contribution in [0.2, 0.25) is 0 Å². The van der Waals surface area contributed by atoms with Crippen LogP contribution in [0.4, 0.5) is 17.6 Å². The van der Waals surface area contributed by atoms with Gasteiger partial charge in [0.2, 0.25) is 5.91 Å². The number of hydrogen-bond donors (Lipinski definition) is 0. The third kappa shape index (κ3) is 5.15. The molecule has 4 heterocycles. The van der Waals surface area contributed by atoms with E-state index in [9.17, 15) is 27.2 Å². The van der Waals surface area contributed by atoms with E-state index in [0.717, 1.165) is 15.6 Å². The Balaban J connectivity index is 1.18. The highest BCUT2D eigenvalue weighted by Gasteiger charge is 2.31. The lowest BCUT2D eigenvalue weighted by Crippen LogP contribution is -2.41. The van der Waals surface area contributed by atoms with Gasteiger partial charge < -0.3 is 14.3 Å². The number of thiazole rings is 1. The fourth-order valence-electron chi connectivity index (χ4n) is 4.58. The standard InChI is InChI=1S/C25H22F4N4O3S/c26-16-4-1-5-17(27)22(16)20-11-18(31-36-20)19-13-37-24(30-19)14-6-9-32(10-7-14)21(34)12-33-8-2-3-15(23(28)29)25(33)35/h1-5,8,13-14,20,23H,6-7,9-12H2. The number of likely N-dealkylation sites (tertiary alicyclic amines) is 1. The summed E-state index contributed by atoms with van der Waals surface area (Å²) >= 11 is 1.45. The van der Waals surface area contributed by atoms with Crippen LogP contribution in [-0.4, -0.2) is 39.2 Å². The Morgan fingerprint density at radius 3 is 2.57 bits per heavy atom. The first-order valence-electron chi connectivity index (χ1n) is 11.7. The number of amides is 1. The number of oxime groups is 1. The van der Waals surface area contributed by atoms with Crippen LogP contribution in [-0.2, 0) is 16.2 Å². The van der Waals surface area contributed by atoms with Gasteiger partial charge in [-0.15, -0.1) is 11.3 Å². The van der Waals surface area contributed by atoms with Crippen LogP contribution in [0.25, 0.3) is 0 Å². The molecule has 37 heavy (non-hydrogen) atoms. The molecule has 1 unspecified atom stereocenters. The van der Waals surface area contributed by atoms with Gasteiger partial charge in [0.1, 0.15) is 23.9 Å². The Labute approximate surface area is 213 Å². The summed E-state index contributed by atoms with van der Waals surface area (Å²) in [5.74, 6) is -1.58. The molecule has 5 rings (SSSR count). The van der Waals surface area contributed by atoms with Crippen molar-refractivity contribution >= 4 is 23.0 Å². The molecule has 3 aromatic rings. The highest BCUT2D eigenvalue weighted by atomic mass is 32.1. The molecule has 1 fully saturated rings. The molecule has 2 aliphatic heterocycles. The lowest BCUT2D eigenvalue weighted by molar-refractivity contribution is -0.133. The molecule has 0 spiro atoms. The van der Waals surface area contributed by atoms with Crippen LogP contribution in [0, 0.1) is 11.6 Å². The molecule has 2 aromatic heterocycles. The number of piperidine rings is 1. The van der Waals surface area contributed by atoms with Gasteiger partial charge in [-0.25, -0.2) is 22.5 Å². The van der Waals surface area contributed by atoms with Crippen molar-refractivity contribution in [1.29, 1.82) is 0 Å². The first kappa shape index (κ1) is 25.1. The van der Waals surface area contributed by atoms with E-state index in [1.165, 1.54) is 41.8 Å². The monoisotopic (exact) mass is 534 g/mol. The van der Waals surface area contributed by atoms with E-state index in [-0.39, 0.29) is 30.4 Å². The summed E-state index contributed by atoms with van der Waals surface area (Å²) in [6, 6.07) is 6.04. The van der Waals surface area contributed by atoms with E-state index in [1.54, 1.807) is 4.90 Å². The van der Waals surface area contributed by atoms with E-state index in [0.29, 0.717) is 37.3 Å². The van der Waals surface area contributed by atoms with Crippen molar-refractivity contribution < 1.29 is 27.2 Å². The van der Waals surface area contributed by atoms with Crippen LogP contribution < -0.4 is 5.56 Å². The Hall–Kier alpha value is -3.54. The number of carbonyl (C=O) groups is 1. The van der Waals surface area contributed by atoms with Crippen LogP contribution in [0.5, 0.6) is 0 Å². The molecule has 1 saturated heterocycles. The van der Waals surface area contributed by atoms with Crippen molar-refractivity contribution in [3.05, 3.63) is 85.7 Å². The molecule has 0 bridgehead atoms. The summed E-state index contributed by atoms with van der Waals surface area (Å²) < 4.78 is 55.2. The van der Waals surface area contributed by atoms with Crippen molar-refractivity contribution in [2.45, 2.75) is 44.3 Å². The second kappa shape index (κ2) is 10.4. The summed E-state index contributed by atoms with van der Waals surface area (Å²) in [5.41, 5.74) is -0.543. The second-order valence-electron chi connectivity index (χ2n) is 8.89. The zero-order valence-electron chi connectivity index (χ0n) is 19.4. The number of nitrogens with zero attached hydrogens (tertiary/aromatic N) is 4. The van der Waals surface area contributed by atoms with Crippen LogP contribution >= 0.6 is 11.3 Å². The van der Waals surface area contributed by atoms with E-state index in [1.807, 2.05) is 5.38 Å². The predicted octanol–water partition coefficient (Wildman–Crippen LogP) is 4.79. The number of halogens is 4. The van der Waals surface area contributed by atoms with Crippen LogP contribution in [0.15, 0.2) is 51.9 Å². The van der Waals surface area contributed by atoms with Gasteiger partial charge >= 0.3 is 0 Å². The molecule has 1 aromatic carbocycles. The van der Waals surface area contributed by atoms with E-state index in [4.69, 9.17) is 4.84 Å². The van der Waals surface area contributed by atoms with Crippen molar-refractivity contribution in [2.75, 3.05) is 13.1 Å². The van der Waals surface area contributed by atoms with Gasteiger partial charge in [-0.2, -0.15) is 0 Å². The maximum absolute atomic E-state index is 14.1. The number of benzene rings is 1. The normalized spacial score (nSPS) is 18.2. The summed E-state index contributed by atoms with van der Waals surface area (Å²) in [4.78, 5) is 36.4. The van der Waals surface area contributed by atoms with E-state index >= 15 is 0 Å². The predicted molar refractivity (Wildman–Crippen MR) is 128 cm³/mol. The largest absolute Gasteiger partial charge is 0.387 e. The zero-order valence-corrected chi connectivity index (χ0v) is 20.3. The number of aromatic nitrogens is 2. The Bertz CT molecular complexity index is 1380. The van der Waals surface area contributed by atoms with Crippen LogP contribution in [0.3, 0.4) is 0 Å². The molecule has 1 atom stereocenters. The van der Waals surface area contributed by atoms with Crippen molar-refractivity contribution in [3.63, 3.8) is 0 Å². The number of rotatable bonds is 6. The molecule has 12 heteroatoms. The Morgan fingerprint density at radius 1 is 1.14 bits per heavy atom. The molecule has 0 radical (unpaired) electrons. The maximum Gasteiger partial charge on any atom is 0.269 e. The molecule has 2 aliphatic rings. The third-order valence-corrected chi connectivity index (χ3v) is 7.60. The second-order valence-corrected chi connectivity index (χ2v) is 9.78. The minimum atomic E-state index is -2.90. The number of carbonyl (C=O) groups excluding carboxylic acids is 1. The smallest absolute Gasteiger partial charge is 0.269 e. The van der Waals surface area contributed by atoms with Gasteiger partial charge in [0.05, 0.1) is 21.8 Å². The third-order valence-electron chi connectivity index (χ3n) is 6.60. The minimum Gasteiger partial charge on any atom is -0.387 e. The fraction of sp³-hybridized carbons (Fsp3) is 0.360. The van der Waals surface area contributed by atoms with Gasteiger partial charge in [0.25, 0.3) is 12.0 Å². The number of hydrogen-bond acceptors (Lipinski definition) is 6. The molecule has 0 N–H and O–H groups in total. The molecule has 7 nitrogen and oxygen atoms in total. The quantitative estimate of drug-likeness (QED) is 0.426. The molecule has 0 aliphatic carbocycles. The lowest BCUT2D eigenvalue weighted by Gasteiger charge is -2.31. The van der Waals surface area contributed by atoms with Crippen LogP contribution in [0.1, 0.15) is 59.5 Å². The molecule has 1 amide bonds. The molecule has 194 valence electrons. The maximum atomic E-state index is 14.1. The lowest BCUT2D eigenvalue weighted by atomic mass is 9.97. The molecule has 0 saturated carbocycles. The highest BCUT2D eigenvalue weighted by Crippen LogP contribution is 2.35. The average Bonchev–Trinajstić information content (AvgIpc) is 3.55. The zero-order chi connectivity index (χ0) is 26.1. The van der Waals surface area contributed by atoms with Gasteiger partial charge in [-0.05, 0) is 37.1 Å². The first-order valence-corrected chi connectivity index (χ1v) is 12.6. The number of pyridine rings is 1. The van der Waals surface area contributed by atoms with Crippen molar-refractivity contribution in [2.24, 2.45) is 5.16 Å². The topological polar surface area (TPSA) is 76.8 Å². The summed E-state index contributed by atoms with van der Waals surface area (Å²) in [5, 5.41) is 6.70. The highest BCUT2D eigenvalue weighted by molar-refractivity contribution is 7.10. The SMILES string of the molecule is O=C(Cn1cccc(C(F)F)c1=O)N1CCC(c2nc(C3=NOC(c4c(F)cccc4F)C3)cs2)CC1. The fourth-order valence-corrected chi connectivity index (χ4v) is 5.58. The summed E-state index contributed by atoms with van der Waals surface area (Å²) in [6.07, 6.45) is -0.934. The Kier molecular flexibility index (Phi) is 7.09. The van der Waals surface area contributed by atoms with Crippen molar-refractivity contribution in [1.82, 2.24) is 14.5 Å². The van der Waals surface area contributed by atoms with E-state index < -0.39 is 35.3 Å². The Morgan fingerprint density at radius 2 is 1.86 bits per heavy atom. The van der Waals surface area contributed by atoms with Gasteiger partial charge in [0.15, 0.2) is 6.10 Å². The molecular weight excluding hydrogens is 512 g/mol. The molecular formula is C25H22F4N4O3S. The summed E-state index contributed by atoms with van der Waals surface area (Å²) in [7, 11) is 0.